The van der Waals surface area contributed by atoms with E-state index in [2.05, 4.69) is 27.8 Å². The highest BCUT2D eigenvalue weighted by Crippen LogP contribution is 2.10. The fraction of sp³-hybridized carbons (Fsp3) is 0.200. The molecule has 0 spiro atoms. The Morgan fingerprint density at radius 3 is 2.92 bits per heavy atom. The Kier molecular flexibility index (Phi) is 4.21. The number of hydrogen-bond donors (Lipinski definition) is 0. The average Bonchev–Trinajstić information content (AvgIpc) is 2.05. The van der Waals surface area contributed by atoms with E-state index in [1.165, 1.54) is 0 Å². The Labute approximate surface area is 86.1 Å². The van der Waals surface area contributed by atoms with Crippen LogP contribution in [0.5, 0.6) is 0 Å². The van der Waals surface area contributed by atoms with Crippen LogP contribution in [0.3, 0.4) is 0 Å². The van der Waals surface area contributed by atoms with Crippen molar-refractivity contribution >= 4 is 27.5 Å². The lowest BCUT2D eigenvalue weighted by Gasteiger charge is -1.90. The maximum Gasteiger partial charge on any atom is 0.0333 e. The summed E-state index contributed by atoms with van der Waals surface area (Å²) in [6.07, 6.45) is 0.744. The van der Waals surface area contributed by atoms with E-state index < -0.39 is 0 Å². The second kappa shape index (κ2) is 5.24. The third-order valence-electron chi connectivity index (χ3n) is 1.28. The smallest absolute Gasteiger partial charge is 0.0333 e. The van der Waals surface area contributed by atoms with E-state index in [0.717, 1.165) is 16.5 Å². The van der Waals surface area contributed by atoms with Gasteiger partial charge in [0.1, 0.15) is 0 Å². The summed E-state index contributed by atoms with van der Waals surface area (Å²) in [6.45, 7) is 0. The van der Waals surface area contributed by atoms with Crippen molar-refractivity contribution in [3.8, 4) is 11.8 Å². The van der Waals surface area contributed by atoms with Gasteiger partial charge in [-0.3, -0.25) is 0 Å². The van der Waals surface area contributed by atoms with Crippen molar-refractivity contribution in [3.05, 3.63) is 34.3 Å². The van der Waals surface area contributed by atoms with Gasteiger partial charge in [-0.25, -0.2) is 0 Å². The van der Waals surface area contributed by atoms with Gasteiger partial charge in [0.15, 0.2) is 0 Å². The highest BCUT2D eigenvalue weighted by atomic mass is 79.9. The lowest BCUT2D eigenvalue weighted by molar-refractivity contribution is 1.29. The fourth-order valence-corrected chi connectivity index (χ4v) is 1.27. The lowest BCUT2D eigenvalue weighted by Crippen LogP contribution is -1.73. The monoisotopic (exact) mass is 242 g/mol. The molecule has 0 heterocycles. The third-order valence-corrected chi connectivity index (χ3v) is 1.96. The van der Waals surface area contributed by atoms with Gasteiger partial charge in [-0.2, -0.15) is 0 Å². The van der Waals surface area contributed by atoms with E-state index in [9.17, 15) is 0 Å². The zero-order valence-corrected chi connectivity index (χ0v) is 8.82. The summed E-state index contributed by atoms with van der Waals surface area (Å²) in [4.78, 5) is 0. The van der Waals surface area contributed by atoms with Gasteiger partial charge in [-0.15, -0.1) is 11.6 Å². The number of benzene rings is 1. The molecule has 1 aromatic carbocycles. The first-order chi connectivity index (χ1) is 5.83. The molecular formula is C10H8BrCl. The zero-order valence-electron chi connectivity index (χ0n) is 6.48. The highest BCUT2D eigenvalue weighted by molar-refractivity contribution is 9.10. The molecule has 0 aliphatic rings. The first-order valence-corrected chi connectivity index (χ1v) is 4.96. The van der Waals surface area contributed by atoms with Crippen molar-refractivity contribution < 1.29 is 0 Å². The molecule has 62 valence electrons. The lowest BCUT2D eigenvalue weighted by atomic mass is 10.2. The van der Waals surface area contributed by atoms with Crippen molar-refractivity contribution in [3.63, 3.8) is 0 Å². The summed E-state index contributed by atoms with van der Waals surface area (Å²) < 4.78 is 1.06. The first kappa shape index (κ1) is 9.64. The number of alkyl halides is 1. The van der Waals surface area contributed by atoms with E-state index in [1.807, 2.05) is 24.3 Å². The standard InChI is InChI=1S/C10H8BrCl/c11-10-6-3-5-9(8-10)4-1-2-7-12/h3,5-6,8H,2,7H2. The molecule has 0 nitrogen and oxygen atoms in total. The summed E-state index contributed by atoms with van der Waals surface area (Å²) in [5.41, 5.74) is 1.02. The number of halogens is 2. The molecule has 1 rings (SSSR count). The first-order valence-electron chi connectivity index (χ1n) is 3.63. The van der Waals surface area contributed by atoms with E-state index in [-0.39, 0.29) is 0 Å². The summed E-state index contributed by atoms with van der Waals surface area (Å²) in [5.74, 6) is 6.60. The van der Waals surface area contributed by atoms with Gasteiger partial charge in [-0.1, -0.05) is 33.8 Å². The van der Waals surface area contributed by atoms with Crippen LogP contribution in [0.4, 0.5) is 0 Å². The molecule has 0 unspecified atom stereocenters. The SMILES string of the molecule is ClCCC#Cc1cccc(Br)c1. The molecule has 0 saturated heterocycles. The summed E-state index contributed by atoms with van der Waals surface area (Å²) in [7, 11) is 0. The van der Waals surface area contributed by atoms with E-state index in [0.29, 0.717) is 5.88 Å². The van der Waals surface area contributed by atoms with Gasteiger partial charge in [0.05, 0.1) is 0 Å². The van der Waals surface area contributed by atoms with Crippen LogP contribution in [0, 0.1) is 11.8 Å². The maximum absolute atomic E-state index is 5.49. The Hall–Kier alpha value is -0.450. The second-order valence-corrected chi connectivity index (χ2v) is 3.54. The van der Waals surface area contributed by atoms with Crippen molar-refractivity contribution in [1.82, 2.24) is 0 Å². The molecule has 0 N–H and O–H groups in total. The van der Waals surface area contributed by atoms with E-state index >= 15 is 0 Å². The zero-order chi connectivity index (χ0) is 8.81. The van der Waals surface area contributed by atoms with Crippen molar-refractivity contribution in [2.75, 3.05) is 5.88 Å². The minimum atomic E-state index is 0.598. The highest BCUT2D eigenvalue weighted by Gasteiger charge is 1.86. The van der Waals surface area contributed by atoms with Crippen molar-refractivity contribution in [1.29, 1.82) is 0 Å². The molecule has 0 atom stereocenters. The molecule has 0 fully saturated rings. The summed E-state index contributed by atoms with van der Waals surface area (Å²) >= 11 is 8.86. The van der Waals surface area contributed by atoms with Crippen LogP contribution in [0.2, 0.25) is 0 Å². The maximum atomic E-state index is 5.49. The van der Waals surface area contributed by atoms with Crippen LogP contribution in [0.15, 0.2) is 28.7 Å². The Bertz CT molecular complexity index is 309. The Morgan fingerprint density at radius 2 is 2.25 bits per heavy atom. The molecule has 1 aromatic rings. The molecule has 0 saturated carbocycles. The van der Waals surface area contributed by atoms with Crippen molar-refractivity contribution in [2.45, 2.75) is 6.42 Å². The van der Waals surface area contributed by atoms with Gasteiger partial charge in [0, 0.05) is 22.3 Å². The molecule has 12 heavy (non-hydrogen) atoms. The molecular weight excluding hydrogens is 235 g/mol. The minimum Gasteiger partial charge on any atom is -0.126 e. The topological polar surface area (TPSA) is 0 Å². The minimum absolute atomic E-state index is 0.598. The van der Waals surface area contributed by atoms with Gasteiger partial charge < -0.3 is 0 Å². The van der Waals surface area contributed by atoms with Crippen LogP contribution in [0.25, 0.3) is 0 Å². The molecule has 0 bridgehead atoms. The molecule has 0 aliphatic carbocycles. The van der Waals surface area contributed by atoms with Crippen LogP contribution in [0.1, 0.15) is 12.0 Å². The van der Waals surface area contributed by atoms with Gasteiger partial charge in [-0.05, 0) is 18.2 Å². The predicted molar refractivity (Wildman–Crippen MR) is 56.4 cm³/mol. The molecule has 0 radical (unpaired) electrons. The fourth-order valence-electron chi connectivity index (χ4n) is 0.778. The average molecular weight is 244 g/mol. The molecule has 0 amide bonds. The van der Waals surface area contributed by atoms with Crippen LogP contribution in [-0.2, 0) is 0 Å². The quantitative estimate of drug-likeness (QED) is 0.524. The second-order valence-electron chi connectivity index (χ2n) is 2.25. The molecule has 2 heteroatoms. The predicted octanol–water partition coefficient (Wildman–Crippen LogP) is 3.43. The number of rotatable bonds is 1. The number of hydrogen-bond acceptors (Lipinski definition) is 0. The molecule has 0 aromatic heterocycles. The van der Waals surface area contributed by atoms with Crippen LogP contribution < -0.4 is 0 Å². The van der Waals surface area contributed by atoms with Gasteiger partial charge >= 0.3 is 0 Å². The van der Waals surface area contributed by atoms with E-state index in [4.69, 9.17) is 11.6 Å². The van der Waals surface area contributed by atoms with Crippen LogP contribution >= 0.6 is 27.5 Å². The van der Waals surface area contributed by atoms with Crippen LogP contribution in [-0.4, -0.2) is 5.88 Å². The Morgan fingerprint density at radius 1 is 1.42 bits per heavy atom. The van der Waals surface area contributed by atoms with E-state index in [1.54, 1.807) is 0 Å². The molecule has 0 aliphatic heterocycles. The Balaban J connectivity index is 2.71. The third kappa shape index (κ3) is 3.30. The van der Waals surface area contributed by atoms with Gasteiger partial charge in [0.25, 0.3) is 0 Å². The summed E-state index contributed by atoms with van der Waals surface area (Å²) in [5, 5.41) is 0. The van der Waals surface area contributed by atoms with Gasteiger partial charge in [0.2, 0.25) is 0 Å². The van der Waals surface area contributed by atoms with Crippen molar-refractivity contribution in [2.24, 2.45) is 0 Å². The summed E-state index contributed by atoms with van der Waals surface area (Å²) in [6, 6.07) is 7.91. The largest absolute Gasteiger partial charge is 0.126 e. The normalized spacial score (nSPS) is 8.83.